The Labute approximate surface area is 99.0 Å². The minimum absolute atomic E-state index is 0.00458. The molecule has 1 unspecified atom stereocenters. The van der Waals surface area contributed by atoms with Crippen LogP contribution in [-0.2, 0) is 4.79 Å². The SMILES string of the molecule is O=C(C=Cc1cccs1)N1CCCC1CO. The molecular formula is C12H15NO2S. The van der Waals surface area contributed by atoms with Gasteiger partial charge in [-0.1, -0.05) is 6.07 Å². The maximum absolute atomic E-state index is 11.8. The van der Waals surface area contributed by atoms with Crippen LogP contribution < -0.4 is 0 Å². The Bertz CT molecular complexity index is 372. The molecule has 0 aliphatic carbocycles. The number of rotatable bonds is 3. The Kier molecular flexibility index (Phi) is 3.74. The Morgan fingerprint density at radius 1 is 1.69 bits per heavy atom. The van der Waals surface area contributed by atoms with Crippen molar-refractivity contribution in [1.29, 1.82) is 0 Å². The second-order valence-electron chi connectivity index (χ2n) is 3.86. The Morgan fingerprint density at radius 3 is 3.25 bits per heavy atom. The van der Waals surface area contributed by atoms with Crippen LogP contribution in [0.25, 0.3) is 6.08 Å². The number of amides is 1. The van der Waals surface area contributed by atoms with E-state index in [1.54, 1.807) is 22.3 Å². The summed E-state index contributed by atoms with van der Waals surface area (Å²) >= 11 is 1.61. The van der Waals surface area contributed by atoms with Crippen molar-refractivity contribution in [3.63, 3.8) is 0 Å². The van der Waals surface area contributed by atoms with Crippen LogP contribution in [0.4, 0.5) is 0 Å². The van der Waals surface area contributed by atoms with E-state index in [0.717, 1.165) is 24.3 Å². The summed E-state index contributed by atoms with van der Waals surface area (Å²) in [5.41, 5.74) is 0. The largest absolute Gasteiger partial charge is 0.394 e. The number of likely N-dealkylation sites (tertiary alicyclic amines) is 1. The Balaban J connectivity index is 1.97. The molecule has 0 aromatic carbocycles. The molecule has 0 saturated carbocycles. The number of thiophene rings is 1. The third-order valence-electron chi connectivity index (χ3n) is 2.80. The third-order valence-corrected chi connectivity index (χ3v) is 3.64. The minimum atomic E-state index is 0.00458. The lowest BCUT2D eigenvalue weighted by Gasteiger charge is -2.21. The standard InChI is InChI=1S/C12H15NO2S/c14-9-10-3-1-7-13(10)12(15)6-5-11-4-2-8-16-11/h2,4-6,8,10,14H,1,3,7,9H2. The summed E-state index contributed by atoms with van der Waals surface area (Å²) in [5.74, 6) is 0.00458. The monoisotopic (exact) mass is 237 g/mol. The highest BCUT2D eigenvalue weighted by molar-refractivity contribution is 7.10. The molecule has 1 aliphatic heterocycles. The highest BCUT2D eigenvalue weighted by Gasteiger charge is 2.26. The summed E-state index contributed by atoms with van der Waals surface area (Å²) in [6, 6.07) is 3.95. The van der Waals surface area contributed by atoms with Crippen molar-refractivity contribution in [3.05, 3.63) is 28.5 Å². The highest BCUT2D eigenvalue weighted by Crippen LogP contribution is 2.18. The van der Waals surface area contributed by atoms with Gasteiger partial charge < -0.3 is 10.0 Å². The van der Waals surface area contributed by atoms with E-state index in [2.05, 4.69) is 0 Å². The summed E-state index contributed by atoms with van der Waals surface area (Å²) in [5, 5.41) is 11.1. The first-order chi connectivity index (χ1) is 7.81. The number of hydrogen-bond donors (Lipinski definition) is 1. The molecule has 1 aromatic rings. The normalized spacial score (nSPS) is 20.8. The minimum Gasteiger partial charge on any atom is -0.394 e. The molecule has 1 aliphatic rings. The summed E-state index contributed by atoms with van der Waals surface area (Å²) < 4.78 is 0. The van der Waals surface area contributed by atoms with Crippen molar-refractivity contribution >= 4 is 23.3 Å². The summed E-state index contributed by atoms with van der Waals surface area (Å²) in [7, 11) is 0. The number of aliphatic hydroxyl groups is 1. The number of hydrogen-bond acceptors (Lipinski definition) is 3. The average molecular weight is 237 g/mol. The van der Waals surface area contributed by atoms with Gasteiger partial charge in [-0.2, -0.15) is 0 Å². The van der Waals surface area contributed by atoms with Gasteiger partial charge in [0.05, 0.1) is 12.6 Å². The summed E-state index contributed by atoms with van der Waals surface area (Å²) in [4.78, 5) is 14.7. The van der Waals surface area contributed by atoms with Crippen molar-refractivity contribution in [1.82, 2.24) is 4.90 Å². The van der Waals surface area contributed by atoms with Crippen LogP contribution in [0.3, 0.4) is 0 Å². The molecular weight excluding hydrogens is 222 g/mol. The molecule has 2 heterocycles. The van der Waals surface area contributed by atoms with Gasteiger partial charge in [-0.3, -0.25) is 4.79 Å². The van der Waals surface area contributed by atoms with Crippen LogP contribution in [0.1, 0.15) is 17.7 Å². The van der Waals surface area contributed by atoms with Crippen molar-refractivity contribution in [3.8, 4) is 0 Å². The highest BCUT2D eigenvalue weighted by atomic mass is 32.1. The molecule has 0 radical (unpaired) electrons. The van der Waals surface area contributed by atoms with Crippen LogP contribution in [0.2, 0.25) is 0 Å². The van der Waals surface area contributed by atoms with E-state index in [1.807, 2.05) is 23.6 Å². The average Bonchev–Trinajstić information content (AvgIpc) is 2.96. The predicted molar refractivity (Wildman–Crippen MR) is 65.2 cm³/mol. The number of carbonyl (C=O) groups excluding carboxylic acids is 1. The fraction of sp³-hybridized carbons (Fsp3) is 0.417. The van der Waals surface area contributed by atoms with Gasteiger partial charge in [0, 0.05) is 17.5 Å². The molecule has 4 heteroatoms. The van der Waals surface area contributed by atoms with Crippen LogP contribution in [0, 0.1) is 0 Å². The Hall–Kier alpha value is -1.13. The van der Waals surface area contributed by atoms with Crippen LogP contribution in [0.5, 0.6) is 0 Å². The van der Waals surface area contributed by atoms with Crippen molar-refractivity contribution in [2.45, 2.75) is 18.9 Å². The van der Waals surface area contributed by atoms with Gasteiger partial charge in [0.1, 0.15) is 0 Å². The molecule has 3 nitrogen and oxygen atoms in total. The maximum Gasteiger partial charge on any atom is 0.246 e. The summed E-state index contributed by atoms with van der Waals surface area (Å²) in [6.45, 7) is 0.831. The molecule has 1 saturated heterocycles. The molecule has 16 heavy (non-hydrogen) atoms. The fourth-order valence-electron chi connectivity index (χ4n) is 1.95. The van der Waals surface area contributed by atoms with Gasteiger partial charge in [0.25, 0.3) is 0 Å². The van der Waals surface area contributed by atoms with E-state index in [-0.39, 0.29) is 18.6 Å². The third kappa shape index (κ3) is 2.51. The van der Waals surface area contributed by atoms with Gasteiger partial charge in [-0.15, -0.1) is 11.3 Å². The zero-order valence-corrected chi connectivity index (χ0v) is 9.82. The fourth-order valence-corrected chi connectivity index (χ4v) is 2.57. The molecule has 86 valence electrons. The van der Waals surface area contributed by atoms with Crippen molar-refractivity contribution in [2.75, 3.05) is 13.2 Å². The molecule has 1 aromatic heterocycles. The van der Waals surface area contributed by atoms with Crippen molar-refractivity contribution in [2.24, 2.45) is 0 Å². The molecule has 1 fully saturated rings. The van der Waals surface area contributed by atoms with E-state index in [4.69, 9.17) is 5.11 Å². The number of carbonyl (C=O) groups is 1. The Morgan fingerprint density at radius 2 is 2.56 bits per heavy atom. The second kappa shape index (κ2) is 5.27. The van der Waals surface area contributed by atoms with E-state index in [1.165, 1.54) is 0 Å². The first-order valence-corrected chi connectivity index (χ1v) is 6.32. The first-order valence-electron chi connectivity index (χ1n) is 5.44. The van der Waals surface area contributed by atoms with Gasteiger partial charge in [0.15, 0.2) is 0 Å². The molecule has 1 atom stereocenters. The van der Waals surface area contributed by atoms with Gasteiger partial charge in [-0.25, -0.2) is 0 Å². The second-order valence-corrected chi connectivity index (χ2v) is 4.84. The lowest BCUT2D eigenvalue weighted by Crippen LogP contribution is -2.36. The molecule has 1 amide bonds. The quantitative estimate of drug-likeness (QED) is 0.814. The molecule has 1 N–H and O–H groups in total. The van der Waals surface area contributed by atoms with E-state index in [9.17, 15) is 4.79 Å². The lowest BCUT2D eigenvalue weighted by atomic mass is 10.2. The van der Waals surface area contributed by atoms with E-state index >= 15 is 0 Å². The van der Waals surface area contributed by atoms with E-state index < -0.39 is 0 Å². The number of aliphatic hydroxyl groups excluding tert-OH is 1. The maximum atomic E-state index is 11.8. The predicted octanol–water partition coefficient (Wildman–Crippen LogP) is 1.74. The van der Waals surface area contributed by atoms with Gasteiger partial charge in [-0.05, 0) is 30.4 Å². The van der Waals surface area contributed by atoms with Crippen molar-refractivity contribution < 1.29 is 9.90 Å². The molecule has 0 bridgehead atoms. The number of nitrogens with zero attached hydrogens (tertiary/aromatic N) is 1. The van der Waals surface area contributed by atoms with Gasteiger partial charge >= 0.3 is 0 Å². The van der Waals surface area contributed by atoms with E-state index in [0.29, 0.717) is 0 Å². The smallest absolute Gasteiger partial charge is 0.246 e. The molecule has 0 spiro atoms. The zero-order chi connectivity index (χ0) is 11.4. The van der Waals surface area contributed by atoms with Gasteiger partial charge in [0.2, 0.25) is 5.91 Å². The zero-order valence-electron chi connectivity index (χ0n) is 9.00. The summed E-state index contributed by atoms with van der Waals surface area (Å²) in [6.07, 6.45) is 5.33. The lowest BCUT2D eigenvalue weighted by molar-refractivity contribution is -0.127. The molecule has 2 rings (SSSR count). The van der Waals surface area contributed by atoms with Crippen LogP contribution in [-0.4, -0.2) is 35.1 Å². The van der Waals surface area contributed by atoms with Crippen LogP contribution in [0.15, 0.2) is 23.6 Å². The topological polar surface area (TPSA) is 40.5 Å². The first kappa shape index (κ1) is 11.4. The van der Waals surface area contributed by atoms with Crippen LogP contribution >= 0.6 is 11.3 Å².